The normalized spacial score (nSPS) is 12.5. The Morgan fingerprint density at radius 2 is 1.29 bits per heavy atom. The molecule has 9 N–H and O–H groups in total. The Balaban J connectivity index is 1.43. The van der Waals surface area contributed by atoms with Crippen molar-refractivity contribution in [2.45, 2.75) is 44.7 Å². The van der Waals surface area contributed by atoms with Crippen molar-refractivity contribution >= 4 is 11.8 Å². The molecular weight excluding hydrogens is 488 g/mol. The molecule has 0 bridgehead atoms. The van der Waals surface area contributed by atoms with Crippen molar-refractivity contribution in [2.24, 2.45) is 11.5 Å². The Hall–Kier alpha value is -4.22. The van der Waals surface area contributed by atoms with Gasteiger partial charge in [0.05, 0.1) is 17.8 Å². The number of nitrogens with one attached hydrogen (secondary N) is 3. The van der Waals surface area contributed by atoms with Gasteiger partial charge in [-0.05, 0) is 55.2 Å². The highest BCUT2D eigenvalue weighted by atomic mass is 16.3. The van der Waals surface area contributed by atoms with Crippen molar-refractivity contribution in [3.63, 3.8) is 0 Å². The van der Waals surface area contributed by atoms with Crippen LogP contribution in [0.2, 0.25) is 0 Å². The van der Waals surface area contributed by atoms with Crippen molar-refractivity contribution < 1.29 is 19.8 Å². The molecule has 11 heteroatoms. The van der Waals surface area contributed by atoms with Crippen molar-refractivity contribution in [3.8, 4) is 11.5 Å². The number of H-pyrrole nitrogens is 1. The predicted octanol–water partition coefficient (Wildman–Crippen LogP) is -0.0531. The third-order valence-corrected chi connectivity index (χ3v) is 6.06. The van der Waals surface area contributed by atoms with E-state index in [4.69, 9.17) is 11.5 Å². The number of aromatic amines is 1. The van der Waals surface area contributed by atoms with Crippen LogP contribution >= 0.6 is 0 Å². The van der Waals surface area contributed by atoms with E-state index in [0.717, 1.165) is 11.1 Å². The number of aromatic hydroxyl groups is 2. The lowest BCUT2D eigenvalue weighted by molar-refractivity contribution is -0.123. The largest absolute Gasteiger partial charge is 0.508 e. The average Bonchev–Trinajstić information content (AvgIpc) is 2.89. The molecule has 202 valence electrons. The Kier molecular flexibility index (Phi) is 9.97. The van der Waals surface area contributed by atoms with Gasteiger partial charge in [0, 0.05) is 31.6 Å². The van der Waals surface area contributed by atoms with Gasteiger partial charge in [-0.15, -0.1) is 0 Å². The fourth-order valence-corrected chi connectivity index (χ4v) is 3.87. The van der Waals surface area contributed by atoms with Crippen LogP contribution in [0.4, 0.5) is 0 Å². The number of nitrogens with zero attached hydrogens (tertiary/aromatic N) is 1. The van der Waals surface area contributed by atoms with Crippen LogP contribution in [0, 0.1) is 6.92 Å². The van der Waals surface area contributed by atoms with Gasteiger partial charge in [-0.3, -0.25) is 19.4 Å². The minimum atomic E-state index is -0.765. The minimum Gasteiger partial charge on any atom is -0.508 e. The fraction of sp³-hybridized carbons (Fsp3) is 0.333. The SMILES string of the molecule is Cc1nc(CCNC(=O)[C@@H](N)Cc2ccc(O)cc2)c(=O)[nH]c1CCNC(=O)[C@@H](N)Cc1ccc(O)cc1. The minimum absolute atomic E-state index is 0.140. The lowest BCUT2D eigenvalue weighted by Crippen LogP contribution is -2.43. The van der Waals surface area contributed by atoms with E-state index in [0.29, 0.717) is 36.3 Å². The van der Waals surface area contributed by atoms with Crippen LogP contribution in [0.5, 0.6) is 11.5 Å². The monoisotopic (exact) mass is 522 g/mol. The first-order valence-corrected chi connectivity index (χ1v) is 12.3. The second-order valence-electron chi connectivity index (χ2n) is 9.11. The van der Waals surface area contributed by atoms with Crippen molar-refractivity contribution in [3.05, 3.63) is 87.1 Å². The van der Waals surface area contributed by atoms with Crippen LogP contribution in [0.1, 0.15) is 28.2 Å². The molecule has 11 nitrogen and oxygen atoms in total. The second kappa shape index (κ2) is 13.4. The molecule has 1 aromatic heterocycles. The van der Waals surface area contributed by atoms with E-state index in [1.807, 2.05) is 0 Å². The zero-order valence-electron chi connectivity index (χ0n) is 21.2. The Labute approximate surface area is 220 Å². The van der Waals surface area contributed by atoms with Gasteiger partial charge in [-0.25, -0.2) is 0 Å². The molecule has 0 aliphatic rings. The number of rotatable bonds is 12. The first-order valence-electron chi connectivity index (χ1n) is 12.3. The van der Waals surface area contributed by atoms with E-state index in [1.54, 1.807) is 31.2 Å². The summed E-state index contributed by atoms with van der Waals surface area (Å²) in [6.45, 7) is 2.24. The third-order valence-electron chi connectivity index (χ3n) is 6.06. The molecule has 2 amide bonds. The van der Waals surface area contributed by atoms with Crippen LogP contribution in [0.3, 0.4) is 0 Å². The molecule has 2 aromatic carbocycles. The number of carbonyl (C=O) groups excluding carboxylic acids is 2. The van der Waals surface area contributed by atoms with Gasteiger partial charge in [-0.1, -0.05) is 24.3 Å². The molecule has 3 rings (SSSR count). The predicted molar refractivity (Wildman–Crippen MR) is 143 cm³/mol. The smallest absolute Gasteiger partial charge is 0.269 e. The zero-order valence-corrected chi connectivity index (χ0v) is 21.2. The summed E-state index contributed by atoms with van der Waals surface area (Å²) in [5.41, 5.74) is 14.8. The molecule has 0 aliphatic carbocycles. The highest BCUT2D eigenvalue weighted by Crippen LogP contribution is 2.12. The summed E-state index contributed by atoms with van der Waals surface area (Å²) in [5.74, 6) is -0.377. The number of hydrogen-bond donors (Lipinski definition) is 7. The molecule has 1 heterocycles. The zero-order chi connectivity index (χ0) is 27.7. The number of hydrogen-bond acceptors (Lipinski definition) is 8. The van der Waals surface area contributed by atoms with Crippen LogP contribution < -0.4 is 27.7 Å². The molecule has 2 atom stereocenters. The fourth-order valence-electron chi connectivity index (χ4n) is 3.87. The first-order chi connectivity index (χ1) is 18.1. The average molecular weight is 523 g/mol. The summed E-state index contributed by atoms with van der Waals surface area (Å²) >= 11 is 0. The second-order valence-corrected chi connectivity index (χ2v) is 9.11. The lowest BCUT2D eigenvalue weighted by atomic mass is 10.1. The van der Waals surface area contributed by atoms with Gasteiger partial charge >= 0.3 is 0 Å². The quantitative estimate of drug-likeness (QED) is 0.172. The molecular formula is C27H34N6O5. The van der Waals surface area contributed by atoms with E-state index >= 15 is 0 Å². The number of aromatic nitrogens is 2. The van der Waals surface area contributed by atoms with Crippen LogP contribution in [0.25, 0.3) is 0 Å². The topological polar surface area (TPSA) is 196 Å². The lowest BCUT2D eigenvalue weighted by Gasteiger charge is -2.14. The molecule has 3 aromatic rings. The molecule has 0 saturated carbocycles. The number of aryl methyl sites for hydroxylation is 1. The molecule has 0 saturated heterocycles. The van der Waals surface area contributed by atoms with E-state index in [-0.39, 0.29) is 48.4 Å². The van der Waals surface area contributed by atoms with Gasteiger partial charge in [0.15, 0.2) is 0 Å². The summed E-state index contributed by atoms with van der Waals surface area (Å²) in [6.07, 6.45) is 1.25. The van der Waals surface area contributed by atoms with E-state index in [2.05, 4.69) is 20.6 Å². The van der Waals surface area contributed by atoms with E-state index < -0.39 is 12.1 Å². The Morgan fingerprint density at radius 3 is 1.76 bits per heavy atom. The number of amides is 2. The van der Waals surface area contributed by atoms with Crippen LogP contribution in [-0.2, 0) is 35.3 Å². The highest BCUT2D eigenvalue weighted by molar-refractivity contribution is 5.82. The van der Waals surface area contributed by atoms with E-state index in [9.17, 15) is 24.6 Å². The molecule has 0 radical (unpaired) electrons. The number of carbonyl (C=O) groups is 2. The standard InChI is InChI=1S/C27H34N6O5/c1-16-23(10-12-30-25(36)21(28)14-17-2-6-19(34)7-3-17)33-27(38)24(32-16)11-13-31-26(37)22(29)15-18-4-8-20(35)9-5-18/h2-9,21-22,34-35H,10-15,28-29H2,1H3,(H,30,36)(H,31,37)(H,33,38)/t21-,22-/m0/s1. The summed E-state index contributed by atoms with van der Waals surface area (Å²) in [7, 11) is 0. The van der Waals surface area contributed by atoms with Crippen molar-refractivity contribution in [1.82, 2.24) is 20.6 Å². The summed E-state index contributed by atoms with van der Waals surface area (Å²) in [6, 6.07) is 11.5. The maximum Gasteiger partial charge on any atom is 0.269 e. The molecule has 38 heavy (non-hydrogen) atoms. The van der Waals surface area contributed by atoms with Gasteiger partial charge in [0.1, 0.15) is 17.2 Å². The summed E-state index contributed by atoms with van der Waals surface area (Å²) in [5, 5.41) is 24.2. The summed E-state index contributed by atoms with van der Waals surface area (Å²) in [4.78, 5) is 44.3. The van der Waals surface area contributed by atoms with E-state index in [1.165, 1.54) is 24.3 Å². The van der Waals surface area contributed by atoms with Crippen LogP contribution in [-0.4, -0.2) is 57.2 Å². The molecule has 0 unspecified atom stereocenters. The van der Waals surface area contributed by atoms with Gasteiger partial charge in [0.25, 0.3) is 5.56 Å². The number of nitrogens with two attached hydrogens (primary N) is 2. The van der Waals surface area contributed by atoms with Gasteiger partial charge in [0.2, 0.25) is 11.8 Å². The maximum absolute atomic E-state index is 12.5. The number of benzene rings is 2. The highest BCUT2D eigenvalue weighted by Gasteiger charge is 2.16. The van der Waals surface area contributed by atoms with Crippen LogP contribution in [0.15, 0.2) is 53.3 Å². The van der Waals surface area contributed by atoms with Gasteiger partial charge in [-0.2, -0.15) is 0 Å². The van der Waals surface area contributed by atoms with Crippen molar-refractivity contribution in [1.29, 1.82) is 0 Å². The molecule has 0 spiro atoms. The first kappa shape index (κ1) is 28.4. The summed E-state index contributed by atoms with van der Waals surface area (Å²) < 4.78 is 0. The third kappa shape index (κ3) is 8.43. The maximum atomic E-state index is 12.5. The molecule has 0 aliphatic heterocycles. The van der Waals surface area contributed by atoms with Crippen molar-refractivity contribution in [2.75, 3.05) is 13.1 Å². The number of phenols is 2. The van der Waals surface area contributed by atoms with Gasteiger partial charge < -0.3 is 37.3 Å². The molecule has 0 fully saturated rings. The number of phenolic OH excluding ortho intramolecular Hbond substituents is 2. The Morgan fingerprint density at radius 1 is 0.842 bits per heavy atom. The Bertz CT molecular complexity index is 1290.